The number of halogens is 2. The van der Waals surface area contributed by atoms with Crippen LogP contribution in [0, 0.1) is 0 Å². The molecule has 2 aromatic heterocycles. The number of hydrogen-bond donors (Lipinski definition) is 0. The quantitative estimate of drug-likeness (QED) is 0.693. The number of aromatic nitrogens is 4. The van der Waals surface area contributed by atoms with E-state index in [1.165, 1.54) is 4.68 Å². The molecule has 6 heteroatoms. The fourth-order valence-corrected chi connectivity index (χ4v) is 2.50. The molecule has 4 nitrogen and oxygen atoms in total. The molecule has 0 spiro atoms. The van der Waals surface area contributed by atoms with Crippen LogP contribution >= 0.6 is 23.2 Å². The Morgan fingerprint density at radius 1 is 1.00 bits per heavy atom. The molecule has 0 saturated heterocycles. The summed E-state index contributed by atoms with van der Waals surface area (Å²) < 4.78 is 1.50. The topological polar surface area (TPSA) is 43.6 Å². The Bertz CT molecular complexity index is 711. The molecule has 0 atom stereocenters. The van der Waals surface area contributed by atoms with Crippen LogP contribution in [0.15, 0.2) is 48.8 Å². The fourth-order valence-electron chi connectivity index (χ4n) is 1.91. The van der Waals surface area contributed by atoms with Crippen molar-refractivity contribution in [3.63, 3.8) is 0 Å². The SMILES string of the molecule is ClCc1c(-c2ccccc2)nn(-c2ncccn2)c1Cl. The molecule has 0 bridgehead atoms. The van der Waals surface area contributed by atoms with E-state index in [0.717, 1.165) is 16.8 Å². The van der Waals surface area contributed by atoms with Crippen molar-refractivity contribution in [2.24, 2.45) is 0 Å². The smallest absolute Gasteiger partial charge is 0.220 e. The molecular weight excluding hydrogens is 295 g/mol. The van der Waals surface area contributed by atoms with E-state index >= 15 is 0 Å². The molecule has 0 fully saturated rings. The summed E-state index contributed by atoms with van der Waals surface area (Å²) in [7, 11) is 0. The largest absolute Gasteiger partial charge is 0.251 e. The molecule has 0 radical (unpaired) electrons. The van der Waals surface area contributed by atoms with Gasteiger partial charge < -0.3 is 0 Å². The van der Waals surface area contributed by atoms with Crippen molar-refractivity contribution in [1.82, 2.24) is 19.7 Å². The molecule has 0 N–H and O–H groups in total. The summed E-state index contributed by atoms with van der Waals surface area (Å²) in [6.07, 6.45) is 3.28. The maximum atomic E-state index is 6.35. The van der Waals surface area contributed by atoms with Gasteiger partial charge in [0.05, 0.1) is 11.6 Å². The molecule has 3 aromatic rings. The van der Waals surface area contributed by atoms with Gasteiger partial charge in [-0.2, -0.15) is 9.78 Å². The normalized spacial score (nSPS) is 10.7. The lowest BCUT2D eigenvalue weighted by Gasteiger charge is -1.99. The fraction of sp³-hybridized carbons (Fsp3) is 0.0714. The zero-order chi connectivity index (χ0) is 13.9. The summed E-state index contributed by atoms with van der Waals surface area (Å²) in [4.78, 5) is 8.31. The molecule has 0 saturated carbocycles. The molecular formula is C14H10Cl2N4. The van der Waals surface area contributed by atoms with Crippen molar-refractivity contribution in [1.29, 1.82) is 0 Å². The van der Waals surface area contributed by atoms with Gasteiger partial charge in [0.15, 0.2) is 0 Å². The van der Waals surface area contributed by atoms with Gasteiger partial charge in [-0.05, 0) is 6.07 Å². The summed E-state index contributed by atoms with van der Waals surface area (Å²) >= 11 is 12.4. The Kier molecular flexibility index (Phi) is 3.67. The second-order valence-corrected chi connectivity index (χ2v) is 4.70. The first kappa shape index (κ1) is 13.1. The van der Waals surface area contributed by atoms with E-state index in [1.54, 1.807) is 18.5 Å². The van der Waals surface area contributed by atoms with Gasteiger partial charge in [0, 0.05) is 23.5 Å². The standard InChI is InChI=1S/C14H10Cl2N4/c15-9-11-12(10-5-2-1-3-6-10)19-20(13(11)16)14-17-7-4-8-18-14/h1-8H,9H2. The molecule has 2 heterocycles. The van der Waals surface area contributed by atoms with Gasteiger partial charge in [0.1, 0.15) is 5.15 Å². The average Bonchev–Trinajstić information content (AvgIpc) is 2.86. The molecule has 1 aromatic carbocycles. The lowest BCUT2D eigenvalue weighted by Crippen LogP contribution is -2.02. The van der Waals surface area contributed by atoms with Gasteiger partial charge in [-0.3, -0.25) is 0 Å². The molecule has 0 aliphatic heterocycles. The predicted molar refractivity (Wildman–Crippen MR) is 79.2 cm³/mol. The number of nitrogens with zero attached hydrogens (tertiary/aromatic N) is 4. The Morgan fingerprint density at radius 3 is 2.35 bits per heavy atom. The molecule has 0 aliphatic carbocycles. The van der Waals surface area contributed by atoms with Gasteiger partial charge in [0.2, 0.25) is 0 Å². The van der Waals surface area contributed by atoms with Crippen molar-refractivity contribution >= 4 is 23.2 Å². The minimum Gasteiger partial charge on any atom is -0.220 e. The van der Waals surface area contributed by atoms with E-state index in [0.29, 0.717) is 11.1 Å². The number of alkyl halides is 1. The highest BCUT2D eigenvalue weighted by Crippen LogP contribution is 2.30. The number of hydrogen-bond acceptors (Lipinski definition) is 3. The zero-order valence-electron chi connectivity index (χ0n) is 10.4. The van der Waals surface area contributed by atoms with E-state index in [2.05, 4.69) is 15.1 Å². The van der Waals surface area contributed by atoms with Crippen LogP contribution < -0.4 is 0 Å². The Morgan fingerprint density at radius 2 is 1.70 bits per heavy atom. The average molecular weight is 305 g/mol. The predicted octanol–water partition coefficient (Wildman–Crippen LogP) is 3.72. The highest BCUT2D eigenvalue weighted by Gasteiger charge is 2.18. The lowest BCUT2D eigenvalue weighted by molar-refractivity contribution is 0.811. The van der Waals surface area contributed by atoms with Crippen LogP contribution in [0.2, 0.25) is 5.15 Å². The van der Waals surface area contributed by atoms with Crippen molar-refractivity contribution in [2.75, 3.05) is 0 Å². The van der Waals surface area contributed by atoms with Crippen LogP contribution in [0.25, 0.3) is 17.2 Å². The Balaban J connectivity index is 2.18. The number of benzene rings is 1. The second-order valence-electron chi connectivity index (χ2n) is 4.08. The maximum Gasteiger partial charge on any atom is 0.251 e. The van der Waals surface area contributed by atoms with E-state index in [-0.39, 0.29) is 5.88 Å². The van der Waals surface area contributed by atoms with Crippen LogP contribution in [0.3, 0.4) is 0 Å². The third-order valence-corrected chi connectivity index (χ3v) is 3.50. The third kappa shape index (κ3) is 2.28. The monoisotopic (exact) mass is 304 g/mol. The van der Waals surface area contributed by atoms with Gasteiger partial charge in [0.25, 0.3) is 5.95 Å². The van der Waals surface area contributed by atoms with Crippen molar-refractivity contribution in [3.8, 4) is 17.2 Å². The van der Waals surface area contributed by atoms with E-state index in [1.807, 2.05) is 30.3 Å². The van der Waals surface area contributed by atoms with Gasteiger partial charge in [-0.25, -0.2) is 9.97 Å². The van der Waals surface area contributed by atoms with Crippen LogP contribution in [0.4, 0.5) is 0 Å². The van der Waals surface area contributed by atoms with E-state index in [4.69, 9.17) is 23.2 Å². The van der Waals surface area contributed by atoms with E-state index < -0.39 is 0 Å². The van der Waals surface area contributed by atoms with Gasteiger partial charge in [-0.15, -0.1) is 11.6 Å². The molecule has 0 amide bonds. The second kappa shape index (κ2) is 5.61. The molecule has 20 heavy (non-hydrogen) atoms. The summed E-state index contributed by atoms with van der Waals surface area (Å²) in [5.74, 6) is 0.696. The van der Waals surface area contributed by atoms with Crippen LogP contribution in [0.1, 0.15) is 5.56 Å². The van der Waals surface area contributed by atoms with Crippen LogP contribution in [0.5, 0.6) is 0 Å². The van der Waals surface area contributed by atoms with Crippen LogP contribution in [-0.4, -0.2) is 19.7 Å². The van der Waals surface area contributed by atoms with Gasteiger partial charge >= 0.3 is 0 Å². The highest BCUT2D eigenvalue weighted by molar-refractivity contribution is 6.32. The summed E-state index contributed by atoms with van der Waals surface area (Å²) in [5, 5.41) is 4.93. The van der Waals surface area contributed by atoms with Crippen LogP contribution in [-0.2, 0) is 5.88 Å². The minimum absolute atomic E-state index is 0.274. The van der Waals surface area contributed by atoms with E-state index in [9.17, 15) is 0 Å². The molecule has 0 aliphatic rings. The molecule has 3 rings (SSSR count). The number of rotatable bonds is 3. The Labute approximate surface area is 126 Å². The minimum atomic E-state index is 0.274. The first-order chi connectivity index (χ1) is 9.81. The first-order valence-corrected chi connectivity index (χ1v) is 6.88. The Hall–Kier alpha value is -1.91. The summed E-state index contributed by atoms with van der Waals surface area (Å²) in [6.45, 7) is 0. The molecule has 100 valence electrons. The highest BCUT2D eigenvalue weighted by atomic mass is 35.5. The molecule has 0 unspecified atom stereocenters. The zero-order valence-corrected chi connectivity index (χ0v) is 11.9. The van der Waals surface area contributed by atoms with Crippen molar-refractivity contribution < 1.29 is 0 Å². The lowest BCUT2D eigenvalue weighted by atomic mass is 10.1. The van der Waals surface area contributed by atoms with Crippen molar-refractivity contribution in [2.45, 2.75) is 5.88 Å². The summed E-state index contributed by atoms with van der Waals surface area (Å²) in [6, 6.07) is 11.5. The third-order valence-electron chi connectivity index (χ3n) is 2.84. The summed E-state index contributed by atoms with van der Waals surface area (Å²) in [5.41, 5.74) is 2.48. The first-order valence-electron chi connectivity index (χ1n) is 5.97. The van der Waals surface area contributed by atoms with Crippen molar-refractivity contribution in [3.05, 3.63) is 59.5 Å². The maximum absolute atomic E-state index is 6.35. The van der Waals surface area contributed by atoms with Gasteiger partial charge in [-0.1, -0.05) is 41.9 Å².